The Morgan fingerprint density at radius 2 is 2.00 bits per heavy atom. The van der Waals surface area contributed by atoms with Crippen LogP contribution in [0, 0.1) is 0 Å². The summed E-state index contributed by atoms with van der Waals surface area (Å²) in [6.07, 6.45) is 0.998. The van der Waals surface area contributed by atoms with E-state index in [0.717, 1.165) is 0 Å². The predicted octanol–water partition coefficient (Wildman–Crippen LogP) is 2.10. The zero-order valence-corrected chi connectivity index (χ0v) is 9.73. The van der Waals surface area contributed by atoms with E-state index >= 15 is 0 Å². The third-order valence-corrected chi connectivity index (χ3v) is 2.09. The molecule has 0 fully saturated rings. The molecule has 1 rings (SSSR count). The number of hydrogen-bond donors (Lipinski definition) is 1. The summed E-state index contributed by atoms with van der Waals surface area (Å²) in [5, 5.41) is 8.80. The summed E-state index contributed by atoms with van der Waals surface area (Å²) in [7, 11) is 1.39. The molecule has 5 nitrogen and oxygen atoms in total. The van der Waals surface area contributed by atoms with Gasteiger partial charge in [-0.1, -0.05) is 6.92 Å². The number of carboxylic acid groups (broad SMARTS) is 1. The predicted molar refractivity (Wildman–Crippen MR) is 60.5 cm³/mol. The Kier molecular flexibility index (Phi) is 4.51. The third kappa shape index (κ3) is 3.48. The fourth-order valence-corrected chi connectivity index (χ4v) is 1.26. The molecule has 0 saturated carbocycles. The molecular weight excluding hydrogens is 224 g/mol. The highest BCUT2D eigenvalue weighted by Gasteiger charge is 2.12. The Labute approximate surface area is 99.0 Å². The molecule has 1 aromatic carbocycles. The maximum atomic E-state index is 11.3. The van der Waals surface area contributed by atoms with E-state index in [-0.39, 0.29) is 23.0 Å². The van der Waals surface area contributed by atoms with E-state index < -0.39 is 5.97 Å². The summed E-state index contributed by atoms with van der Waals surface area (Å²) in [6.45, 7) is 1.87. The highest BCUT2D eigenvalue weighted by Crippen LogP contribution is 2.28. The second kappa shape index (κ2) is 5.89. The fraction of sp³-hybridized carbons (Fsp3) is 0.333. The zero-order chi connectivity index (χ0) is 12.8. The summed E-state index contributed by atoms with van der Waals surface area (Å²) in [5.41, 5.74) is 0.0807. The van der Waals surface area contributed by atoms with E-state index in [4.69, 9.17) is 14.6 Å². The number of rotatable bonds is 5. The first kappa shape index (κ1) is 13.0. The summed E-state index contributed by atoms with van der Waals surface area (Å²) in [6, 6.07) is 4.09. The lowest BCUT2D eigenvalue weighted by molar-refractivity contribution is -0.134. The smallest absolute Gasteiger partial charge is 0.335 e. The summed E-state index contributed by atoms with van der Waals surface area (Å²) < 4.78 is 10.0. The molecule has 0 spiro atoms. The van der Waals surface area contributed by atoms with Gasteiger partial charge in [0.15, 0.2) is 11.5 Å². The molecule has 1 N–H and O–H groups in total. The van der Waals surface area contributed by atoms with Crippen LogP contribution < -0.4 is 9.47 Å². The third-order valence-electron chi connectivity index (χ3n) is 2.09. The molecule has 0 aliphatic rings. The Bertz CT molecular complexity index is 425. The van der Waals surface area contributed by atoms with Gasteiger partial charge in [-0.3, -0.25) is 4.79 Å². The van der Waals surface area contributed by atoms with Crippen LogP contribution in [-0.4, -0.2) is 24.2 Å². The average molecular weight is 238 g/mol. The van der Waals surface area contributed by atoms with Crippen molar-refractivity contribution in [1.82, 2.24) is 0 Å². The van der Waals surface area contributed by atoms with E-state index in [0.29, 0.717) is 12.8 Å². The van der Waals surface area contributed by atoms with Crippen LogP contribution in [0.1, 0.15) is 30.1 Å². The molecule has 0 saturated heterocycles. The van der Waals surface area contributed by atoms with Crippen LogP contribution in [0.4, 0.5) is 0 Å². The highest BCUT2D eigenvalue weighted by atomic mass is 16.6. The van der Waals surface area contributed by atoms with Crippen molar-refractivity contribution in [2.75, 3.05) is 7.11 Å². The molecule has 0 aromatic heterocycles. The number of methoxy groups -OCH3 is 1. The summed E-state index contributed by atoms with van der Waals surface area (Å²) in [5.74, 6) is -0.964. The Morgan fingerprint density at radius 3 is 2.53 bits per heavy atom. The number of ether oxygens (including phenoxy) is 2. The van der Waals surface area contributed by atoms with Crippen LogP contribution in [-0.2, 0) is 4.79 Å². The van der Waals surface area contributed by atoms with Crippen LogP contribution in [0.25, 0.3) is 0 Å². The van der Waals surface area contributed by atoms with Crippen LogP contribution in [0.2, 0.25) is 0 Å². The van der Waals surface area contributed by atoms with Gasteiger partial charge in [-0.25, -0.2) is 4.79 Å². The topological polar surface area (TPSA) is 72.8 Å². The van der Waals surface area contributed by atoms with Gasteiger partial charge in [0.1, 0.15) is 0 Å². The van der Waals surface area contributed by atoms with Crippen molar-refractivity contribution in [2.24, 2.45) is 0 Å². The number of esters is 1. The molecule has 0 aliphatic heterocycles. The van der Waals surface area contributed by atoms with E-state index in [2.05, 4.69) is 0 Å². The van der Waals surface area contributed by atoms with E-state index in [1.807, 2.05) is 6.92 Å². The van der Waals surface area contributed by atoms with Gasteiger partial charge in [-0.15, -0.1) is 0 Å². The van der Waals surface area contributed by atoms with Crippen molar-refractivity contribution < 1.29 is 24.2 Å². The largest absolute Gasteiger partial charge is 0.493 e. The molecule has 1 aromatic rings. The number of carbonyl (C=O) groups excluding carboxylic acids is 1. The van der Waals surface area contributed by atoms with Gasteiger partial charge in [0.05, 0.1) is 12.7 Å². The van der Waals surface area contributed by atoms with Crippen molar-refractivity contribution in [2.45, 2.75) is 19.8 Å². The minimum Gasteiger partial charge on any atom is -0.493 e. The van der Waals surface area contributed by atoms with E-state index in [1.165, 1.54) is 25.3 Å². The molecule has 0 heterocycles. The molecule has 0 atom stereocenters. The summed E-state index contributed by atoms with van der Waals surface area (Å²) >= 11 is 0. The van der Waals surface area contributed by atoms with Crippen molar-refractivity contribution in [3.05, 3.63) is 23.8 Å². The fourth-order valence-electron chi connectivity index (χ4n) is 1.26. The second-order valence-electron chi connectivity index (χ2n) is 3.39. The number of benzene rings is 1. The van der Waals surface area contributed by atoms with Gasteiger partial charge in [0.2, 0.25) is 0 Å². The van der Waals surface area contributed by atoms with Crippen LogP contribution >= 0.6 is 0 Å². The Morgan fingerprint density at radius 1 is 1.29 bits per heavy atom. The van der Waals surface area contributed by atoms with Crippen molar-refractivity contribution in [1.29, 1.82) is 0 Å². The quantitative estimate of drug-likeness (QED) is 0.628. The highest BCUT2D eigenvalue weighted by molar-refractivity contribution is 5.88. The lowest BCUT2D eigenvalue weighted by Crippen LogP contribution is -2.08. The number of hydrogen-bond acceptors (Lipinski definition) is 4. The van der Waals surface area contributed by atoms with Crippen molar-refractivity contribution in [3.8, 4) is 11.5 Å². The first-order valence-corrected chi connectivity index (χ1v) is 5.20. The number of aromatic carboxylic acids is 1. The molecule has 0 aliphatic carbocycles. The minimum atomic E-state index is -1.06. The van der Waals surface area contributed by atoms with Crippen LogP contribution in [0.3, 0.4) is 0 Å². The maximum Gasteiger partial charge on any atom is 0.335 e. The molecule has 0 bridgehead atoms. The molecule has 92 valence electrons. The van der Waals surface area contributed by atoms with Crippen LogP contribution in [0.5, 0.6) is 11.5 Å². The van der Waals surface area contributed by atoms with Gasteiger partial charge in [-0.05, 0) is 24.6 Å². The van der Waals surface area contributed by atoms with Gasteiger partial charge in [0.25, 0.3) is 0 Å². The zero-order valence-electron chi connectivity index (χ0n) is 9.73. The van der Waals surface area contributed by atoms with E-state index in [1.54, 1.807) is 0 Å². The monoisotopic (exact) mass is 238 g/mol. The maximum absolute atomic E-state index is 11.3. The molecule has 0 radical (unpaired) electrons. The molecule has 17 heavy (non-hydrogen) atoms. The van der Waals surface area contributed by atoms with Gasteiger partial charge < -0.3 is 14.6 Å². The first-order valence-electron chi connectivity index (χ1n) is 5.20. The summed E-state index contributed by atoms with van der Waals surface area (Å²) in [4.78, 5) is 22.0. The SMILES string of the molecule is CCCC(=O)Oc1ccc(C(=O)O)cc1OC. The number of carbonyl (C=O) groups is 2. The van der Waals surface area contributed by atoms with Gasteiger partial charge >= 0.3 is 11.9 Å². The molecule has 0 unspecified atom stereocenters. The van der Waals surface area contributed by atoms with E-state index in [9.17, 15) is 9.59 Å². The second-order valence-corrected chi connectivity index (χ2v) is 3.39. The van der Waals surface area contributed by atoms with Gasteiger partial charge in [0, 0.05) is 6.42 Å². The average Bonchev–Trinajstić information content (AvgIpc) is 2.29. The normalized spacial score (nSPS) is 9.76. The van der Waals surface area contributed by atoms with Gasteiger partial charge in [-0.2, -0.15) is 0 Å². The first-order chi connectivity index (χ1) is 8.08. The standard InChI is InChI=1S/C12H14O5/c1-3-4-11(13)17-9-6-5-8(12(14)15)7-10(9)16-2/h5-7H,3-4H2,1-2H3,(H,14,15). The lowest BCUT2D eigenvalue weighted by Gasteiger charge is -2.09. The molecule has 0 amide bonds. The van der Waals surface area contributed by atoms with Crippen LogP contribution in [0.15, 0.2) is 18.2 Å². The minimum absolute atomic E-state index is 0.0807. The van der Waals surface area contributed by atoms with Crippen molar-refractivity contribution in [3.63, 3.8) is 0 Å². The Balaban J connectivity index is 2.92. The lowest BCUT2D eigenvalue weighted by atomic mass is 10.2. The number of carboxylic acids is 1. The molecule has 5 heteroatoms. The molecular formula is C12H14O5. The van der Waals surface area contributed by atoms with Crippen molar-refractivity contribution >= 4 is 11.9 Å². The Hall–Kier alpha value is -2.04.